The van der Waals surface area contributed by atoms with Crippen molar-refractivity contribution in [3.8, 4) is 0 Å². The Kier molecular flexibility index (Phi) is 4.71. The molecule has 2 aliphatic rings. The number of para-hydroxylation sites is 1. The van der Waals surface area contributed by atoms with Gasteiger partial charge in [-0.05, 0) is 37.8 Å². The minimum absolute atomic E-state index is 0.0146. The van der Waals surface area contributed by atoms with Gasteiger partial charge in [0.1, 0.15) is 0 Å². The van der Waals surface area contributed by atoms with Gasteiger partial charge in [0, 0.05) is 29.6 Å². The minimum atomic E-state index is 0.0146. The van der Waals surface area contributed by atoms with Crippen LogP contribution in [0, 0.1) is 0 Å². The maximum Gasteiger partial charge on any atom is 0.254 e. The van der Waals surface area contributed by atoms with E-state index in [9.17, 15) is 9.90 Å². The number of amides is 1. The predicted molar refractivity (Wildman–Crippen MR) is 98.7 cm³/mol. The molecule has 25 heavy (non-hydrogen) atoms. The lowest BCUT2D eigenvalue weighted by Crippen LogP contribution is -2.43. The first kappa shape index (κ1) is 16.5. The number of aliphatic hydroxyl groups excluding tert-OH is 1. The molecular weight excluding hydrogens is 312 g/mol. The third kappa shape index (κ3) is 3.40. The number of aromatic nitrogens is 1. The monoisotopic (exact) mass is 338 g/mol. The summed E-state index contributed by atoms with van der Waals surface area (Å²) in [5.74, 6) is 0.568. The van der Waals surface area contributed by atoms with Gasteiger partial charge in [0.2, 0.25) is 0 Å². The summed E-state index contributed by atoms with van der Waals surface area (Å²) in [4.78, 5) is 20.1. The molecule has 4 nitrogen and oxygen atoms in total. The van der Waals surface area contributed by atoms with Crippen LogP contribution in [0.5, 0.6) is 0 Å². The van der Waals surface area contributed by atoms with Crippen molar-refractivity contribution in [2.24, 2.45) is 0 Å². The molecule has 0 atom stereocenters. The van der Waals surface area contributed by atoms with E-state index in [1.54, 1.807) is 0 Å². The van der Waals surface area contributed by atoms with Crippen LogP contribution in [0.3, 0.4) is 0 Å². The number of hydrogen-bond donors (Lipinski definition) is 1. The van der Waals surface area contributed by atoms with E-state index >= 15 is 0 Å². The van der Waals surface area contributed by atoms with E-state index in [4.69, 9.17) is 4.98 Å². The van der Waals surface area contributed by atoms with Crippen molar-refractivity contribution in [3.63, 3.8) is 0 Å². The molecule has 2 saturated carbocycles. The van der Waals surface area contributed by atoms with Gasteiger partial charge in [0.05, 0.1) is 17.7 Å². The van der Waals surface area contributed by atoms with Crippen molar-refractivity contribution in [1.82, 2.24) is 9.88 Å². The summed E-state index contributed by atoms with van der Waals surface area (Å²) in [5, 5.41) is 10.4. The fraction of sp³-hybridized carbons (Fsp3) is 0.524. The van der Waals surface area contributed by atoms with Crippen LogP contribution in [-0.2, 0) is 0 Å². The summed E-state index contributed by atoms with van der Waals surface area (Å²) >= 11 is 0. The number of hydrogen-bond acceptors (Lipinski definition) is 3. The van der Waals surface area contributed by atoms with E-state index in [0.29, 0.717) is 12.5 Å². The Bertz CT molecular complexity index is 764. The summed E-state index contributed by atoms with van der Waals surface area (Å²) in [6, 6.07) is 10.2. The normalized spacial score (nSPS) is 18.4. The number of carbonyl (C=O) groups is 1. The van der Waals surface area contributed by atoms with Gasteiger partial charge in [-0.2, -0.15) is 0 Å². The van der Waals surface area contributed by atoms with Crippen LogP contribution in [-0.4, -0.2) is 40.1 Å². The van der Waals surface area contributed by atoms with Crippen molar-refractivity contribution in [2.75, 3.05) is 13.2 Å². The highest BCUT2D eigenvalue weighted by Gasteiger charge is 2.30. The molecule has 1 amide bonds. The molecular formula is C21H26N2O2. The summed E-state index contributed by atoms with van der Waals surface area (Å²) < 4.78 is 0. The van der Waals surface area contributed by atoms with Gasteiger partial charge in [0.15, 0.2) is 0 Å². The lowest BCUT2D eigenvalue weighted by atomic mass is 9.93. The van der Waals surface area contributed by atoms with E-state index in [1.165, 1.54) is 32.1 Å². The second-order valence-corrected chi connectivity index (χ2v) is 7.40. The van der Waals surface area contributed by atoms with Gasteiger partial charge in [0.25, 0.3) is 5.91 Å². The molecule has 1 aromatic carbocycles. The Hall–Kier alpha value is -1.94. The molecule has 2 aliphatic carbocycles. The Morgan fingerprint density at radius 3 is 2.60 bits per heavy atom. The number of carbonyl (C=O) groups excluding carboxylic acids is 1. The molecule has 0 bridgehead atoms. The Morgan fingerprint density at radius 1 is 1.12 bits per heavy atom. The highest BCUT2D eigenvalue weighted by Crippen LogP contribution is 2.40. The van der Waals surface area contributed by atoms with Gasteiger partial charge in [-0.25, -0.2) is 0 Å². The van der Waals surface area contributed by atoms with Crippen molar-refractivity contribution >= 4 is 16.8 Å². The Labute approximate surface area is 148 Å². The molecule has 132 valence electrons. The van der Waals surface area contributed by atoms with Gasteiger partial charge >= 0.3 is 0 Å². The number of aliphatic hydroxyl groups is 1. The molecule has 1 aromatic heterocycles. The van der Waals surface area contributed by atoms with Crippen molar-refractivity contribution < 1.29 is 9.90 Å². The van der Waals surface area contributed by atoms with Crippen LogP contribution in [0.4, 0.5) is 0 Å². The van der Waals surface area contributed by atoms with E-state index in [-0.39, 0.29) is 18.6 Å². The quantitative estimate of drug-likeness (QED) is 0.900. The third-order valence-corrected chi connectivity index (χ3v) is 5.58. The molecule has 1 N–H and O–H groups in total. The maximum absolute atomic E-state index is 13.4. The highest BCUT2D eigenvalue weighted by atomic mass is 16.3. The Balaban J connectivity index is 1.74. The number of pyridine rings is 1. The fourth-order valence-electron chi connectivity index (χ4n) is 4.07. The largest absolute Gasteiger partial charge is 0.395 e. The van der Waals surface area contributed by atoms with Crippen molar-refractivity contribution in [1.29, 1.82) is 0 Å². The van der Waals surface area contributed by atoms with Gasteiger partial charge in [-0.15, -0.1) is 0 Å². The second kappa shape index (κ2) is 7.12. The molecule has 0 unspecified atom stereocenters. The molecule has 0 spiro atoms. The zero-order valence-electron chi connectivity index (χ0n) is 14.7. The molecule has 2 aromatic rings. The topological polar surface area (TPSA) is 53.4 Å². The first-order chi connectivity index (χ1) is 12.3. The fourth-order valence-corrected chi connectivity index (χ4v) is 4.07. The van der Waals surface area contributed by atoms with Crippen LogP contribution in [0.15, 0.2) is 30.3 Å². The molecule has 0 radical (unpaired) electrons. The maximum atomic E-state index is 13.4. The minimum Gasteiger partial charge on any atom is -0.395 e. The first-order valence-electron chi connectivity index (χ1n) is 9.59. The first-order valence-corrected chi connectivity index (χ1v) is 9.59. The second-order valence-electron chi connectivity index (χ2n) is 7.40. The van der Waals surface area contributed by atoms with Crippen LogP contribution in [0.1, 0.15) is 66.9 Å². The van der Waals surface area contributed by atoms with E-state index < -0.39 is 0 Å². The number of fused-ring (bicyclic) bond motifs is 1. The number of benzene rings is 1. The van der Waals surface area contributed by atoms with Crippen LogP contribution >= 0.6 is 0 Å². The van der Waals surface area contributed by atoms with Crippen molar-refractivity contribution in [2.45, 2.75) is 56.9 Å². The van der Waals surface area contributed by atoms with Crippen LogP contribution in [0.2, 0.25) is 0 Å². The van der Waals surface area contributed by atoms with E-state index in [2.05, 4.69) is 0 Å². The number of rotatable bonds is 5. The average Bonchev–Trinajstić information content (AvgIpc) is 3.51. The summed E-state index contributed by atoms with van der Waals surface area (Å²) in [5.41, 5.74) is 2.71. The van der Waals surface area contributed by atoms with Crippen LogP contribution < -0.4 is 0 Å². The van der Waals surface area contributed by atoms with Gasteiger partial charge < -0.3 is 10.0 Å². The molecule has 2 fully saturated rings. The smallest absolute Gasteiger partial charge is 0.254 e. The summed E-state index contributed by atoms with van der Waals surface area (Å²) in [7, 11) is 0. The van der Waals surface area contributed by atoms with Gasteiger partial charge in [-0.3, -0.25) is 9.78 Å². The molecule has 4 heteroatoms. The zero-order valence-corrected chi connectivity index (χ0v) is 14.7. The molecule has 4 rings (SSSR count). The third-order valence-electron chi connectivity index (χ3n) is 5.58. The average molecular weight is 338 g/mol. The van der Waals surface area contributed by atoms with E-state index in [0.717, 1.165) is 35.0 Å². The van der Waals surface area contributed by atoms with Gasteiger partial charge in [-0.1, -0.05) is 37.5 Å². The Morgan fingerprint density at radius 2 is 1.88 bits per heavy atom. The summed E-state index contributed by atoms with van der Waals surface area (Å²) in [6.07, 6.45) is 8.02. The zero-order chi connectivity index (χ0) is 17.2. The van der Waals surface area contributed by atoms with E-state index in [1.807, 2.05) is 35.2 Å². The molecule has 1 heterocycles. The highest BCUT2D eigenvalue weighted by molar-refractivity contribution is 6.06. The molecule has 0 saturated heterocycles. The van der Waals surface area contributed by atoms with Crippen molar-refractivity contribution in [3.05, 3.63) is 41.6 Å². The van der Waals surface area contributed by atoms with Crippen LogP contribution in [0.25, 0.3) is 10.9 Å². The molecule has 0 aliphatic heterocycles. The SMILES string of the molecule is O=C(c1cc(C2CC2)nc2ccccc12)N(CCO)C1CCCCC1. The number of nitrogens with zero attached hydrogens (tertiary/aromatic N) is 2. The summed E-state index contributed by atoms with van der Waals surface area (Å²) in [6.45, 7) is 0.430. The lowest BCUT2D eigenvalue weighted by molar-refractivity contribution is 0.0587. The standard InChI is InChI=1S/C21H26N2O2/c24-13-12-23(16-6-2-1-3-7-16)21(25)18-14-20(15-10-11-15)22-19-9-5-4-8-17(18)19/h4-5,8-9,14-16,24H,1-3,6-7,10-13H2. The predicted octanol–water partition coefficient (Wildman–Crippen LogP) is 3.88. The lowest BCUT2D eigenvalue weighted by Gasteiger charge is -2.34.